The van der Waals surface area contributed by atoms with E-state index in [-0.39, 0.29) is 11.1 Å². The quantitative estimate of drug-likeness (QED) is 0.298. The van der Waals surface area contributed by atoms with Crippen LogP contribution in [0.3, 0.4) is 0 Å². The van der Waals surface area contributed by atoms with Crippen molar-refractivity contribution in [2.24, 2.45) is 0 Å². The minimum atomic E-state index is -1.14. The largest absolute Gasteiger partial charge is 0.478 e. The SMILES string of the molecule is CCCCCCCCc1c(C(=O)O)c(C(=O)O)c(CCCC)c(CC)c1-c1ccccc1. The van der Waals surface area contributed by atoms with Crippen molar-refractivity contribution in [1.29, 1.82) is 0 Å². The van der Waals surface area contributed by atoms with Gasteiger partial charge in [-0.25, -0.2) is 9.59 Å². The molecule has 0 saturated carbocycles. The molecule has 0 saturated heterocycles. The van der Waals surface area contributed by atoms with Crippen molar-refractivity contribution in [3.05, 3.63) is 58.1 Å². The van der Waals surface area contributed by atoms with E-state index in [2.05, 4.69) is 13.8 Å². The van der Waals surface area contributed by atoms with E-state index in [9.17, 15) is 19.8 Å². The van der Waals surface area contributed by atoms with Crippen LogP contribution in [0.25, 0.3) is 11.1 Å². The summed E-state index contributed by atoms with van der Waals surface area (Å²) in [6.07, 6.45) is 10.2. The van der Waals surface area contributed by atoms with E-state index in [1.807, 2.05) is 37.3 Å². The number of aromatic carboxylic acids is 2. The summed E-state index contributed by atoms with van der Waals surface area (Å²) in [6.45, 7) is 6.29. The van der Waals surface area contributed by atoms with Crippen LogP contribution >= 0.6 is 0 Å². The first-order valence-electron chi connectivity index (χ1n) is 12.2. The third kappa shape index (κ3) is 6.21. The summed E-state index contributed by atoms with van der Waals surface area (Å²) in [7, 11) is 0. The molecule has 2 aromatic carbocycles. The molecule has 0 atom stereocenters. The molecule has 2 N–H and O–H groups in total. The molecular formula is C28H38O4. The average Bonchev–Trinajstić information content (AvgIpc) is 2.79. The van der Waals surface area contributed by atoms with Gasteiger partial charge in [0.2, 0.25) is 0 Å². The van der Waals surface area contributed by atoms with E-state index in [0.717, 1.165) is 48.8 Å². The second-order valence-corrected chi connectivity index (χ2v) is 8.51. The van der Waals surface area contributed by atoms with Crippen molar-refractivity contribution >= 4 is 11.9 Å². The normalized spacial score (nSPS) is 11.0. The molecular weight excluding hydrogens is 400 g/mol. The van der Waals surface area contributed by atoms with Crippen LogP contribution in [0, 0.1) is 0 Å². The molecule has 32 heavy (non-hydrogen) atoms. The molecule has 2 rings (SSSR count). The molecule has 4 heteroatoms. The van der Waals surface area contributed by atoms with Crippen LogP contribution in [-0.2, 0) is 19.3 Å². The van der Waals surface area contributed by atoms with E-state index in [1.54, 1.807) is 0 Å². The number of carbonyl (C=O) groups is 2. The van der Waals surface area contributed by atoms with E-state index < -0.39 is 11.9 Å². The lowest BCUT2D eigenvalue weighted by atomic mass is 9.79. The van der Waals surface area contributed by atoms with Gasteiger partial charge < -0.3 is 10.2 Å². The van der Waals surface area contributed by atoms with Gasteiger partial charge in [0, 0.05) is 0 Å². The second-order valence-electron chi connectivity index (χ2n) is 8.51. The Bertz CT molecular complexity index is 900. The number of hydrogen-bond donors (Lipinski definition) is 2. The number of rotatable bonds is 14. The first kappa shape index (κ1) is 25.6. The monoisotopic (exact) mass is 438 g/mol. The Balaban J connectivity index is 2.72. The molecule has 2 aromatic rings. The molecule has 0 heterocycles. The number of carboxylic acid groups (broad SMARTS) is 2. The van der Waals surface area contributed by atoms with E-state index in [4.69, 9.17) is 0 Å². The number of benzene rings is 2. The molecule has 174 valence electrons. The van der Waals surface area contributed by atoms with Crippen LogP contribution in [0.15, 0.2) is 30.3 Å². The molecule has 0 unspecified atom stereocenters. The number of unbranched alkanes of at least 4 members (excludes halogenated alkanes) is 6. The maximum Gasteiger partial charge on any atom is 0.336 e. The summed E-state index contributed by atoms with van der Waals surface area (Å²) >= 11 is 0. The third-order valence-corrected chi connectivity index (χ3v) is 6.23. The summed E-state index contributed by atoms with van der Waals surface area (Å²) < 4.78 is 0. The first-order chi connectivity index (χ1) is 15.5. The van der Waals surface area contributed by atoms with Crippen LogP contribution in [0.1, 0.15) is 110 Å². The molecule has 0 fully saturated rings. The highest BCUT2D eigenvalue weighted by Gasteiger charge is 2.30. The molecule has 0 aliphatic rings. The molecule has 0 amide bonds. The van der Waals surface area contributed by atoms with Gasteiger partial charge in [-0.15, -0.1) is 0 Å². The molecule has 0 radical (unpaired) electrons. The molecule has 0 spiro atoms. The first-order valence-corrected chi connectivity index (χ1v) is 12.2. The van der Waals surface area contributed by atoms with E-state index >= 15 is 0 Å². The predicted octanol–water partition coefficient (Wildman–Crippen LogP) is 7.56. The van der Waals surface area contributed by atoms with Crippen LogP contribution in [-0.4, -0.2) is 22.2 Å². The fraction of sp³-hybridized carbons (Fsp3) is 0.500. The lowest BCUT2D eigenvalue weighted by Gasteiger charge is -2.24. The Hall–Kier alpha value is -2.62. The number of hydrogen-bond acceptors (Lipinski definition) is 2. The maximum atomic E-state index is 12.5. The Kier molecular flexibility index (Phi) is 10.5. The van der Waals surface area contributed by atoms with Gasteiger partial charge in [-0.1, -0.05) is 89.6 Å². The van der Waals surface area contributed by atoms with Crippen molar-refractivity contribution in [2.45, 2.75) is 91.4 Å². The van der Waals surface area contributed by atoms with E-state index in [0.29, 0.717) is 30.4 Å². The zero-order valence-corrected chi connectivity index (χ0v) is 19.9. The van der Waals surface area contributed by atoms with Crippen molar-refractivity contribution in [1.82, 2.24) is 0 Å². The van der Waals surface area contributed by atoms with Crippen LogP contribution in [0.2, 0.25) is 0 Å². The molecule has 0 aromatic heterocycles. The zero-order valence-electron chi connectivity index (χ0n) is 19.9. The van der Waals surface area contributed by atoms with Crippen LogP contribution in [0.4, 0.5) is 0 Å². The van der Waals surface area contributed by atoms with Crippen molar-refractivity contribution in [3.8, 4) is 11.1 Å². The standard InChI is InChI=1S/C28H38O4/c1-4-7-9-10-11-15-19-23-24(20-16-13-12-14-17-20)21(6-3)22(18-8-5-2)25(27(29)30)26(23)28(31)32/h12-14,16-17H,4-11,15,18-19H2,1-3H3,(H,29,30)(H,31,32). The second kappa shape index (κ2) is 13.0. The van der Waals surface area contributed by atoms with Gasteiger partial charge in [0.05, 0.1) is 11.1 Å². The fourth-order valence-corrected chi connectivity index (χ4v) is 4.69. The van der Waals surface area contributed by atoms with Crippen molar-refractivity contribution in [3.63, 3.8) is 0 Å². The maximum absolute atomic E-state index is 12.5. The molecule has 0 aliphatic carbocycles. The van der Waals surface area contributed by atoms with Gasteiger partial charge in [-0.3, -0.25) is 0 Å². The molecule has 0 aliphatic heterocycles. The highest BCUT2D eigenvalue weighted by Crippen LogP contribution is 2.38. The average molecular weight is 439 g/mol. The molecule has 4 nitrogen and oxygen atoms in total. The summed E-state index contributed by atoms with van der Waals surface area (Å²) in [5, 5.41) is 20.3. The minimum absolute atomic E-state index is 0.00321. The zero-order chi connectivity index (χ0) is 23.5. The minimum Gasteiger partial charge on any atom is -0.478 e. The predicted molar refractivity (Wildman–Crippen MR) is 131 cm³/mol. The van der Waals surface area contributed by atoms with Crippen LogP contribution < -0.4 is 0 Å². The highest BCUT2D eigenvalue weighted by atomic mass is 16.4. The summed E-state index contributed by atoms with van der Waals surface area (Å²) in [5.41, 5.74) is 4.29. The summed E-state index contributed by atoms with van der Waals surface area (Å²) in [4.78, 5) is 24.8. The Morgan fingerprint density at radius 2 is 1.19 bits per heavy atom. The third-order valence-electron chi connectivity index (χ3n) is 6.23. The van der Waals surface area contributed by atoms with Gasteiger partial charge in [-0.05, 0) is 59.9 Å². The smallest absolute Gasteiger partial charge is 0.336 e. The van der Waals surface area contributed by atoms with Gasteiger partial charge in [0.15, 0.2) is 0 Å². The summed E-state index contributed by atoms with van der Waals surface area (Å²) in [6, 6.07) is 9.88. The Morgan fingerprint density at radius 3 is 1.75 bits per heavy atom. The molecule has 0 bridgehead atoms. The highest BCUT2D eigenvalue weighted by molar-refractivity contribution is 6.06. The number of carboxylic acids is 2. The topological polar surface area (TPSA) is 74.6 Å². The van der Waals surface area contributed by atoms with Crippen LogP contribution in [0.5, 0.6) is 0 Å². The fourth-order valence-electron chi connectivity index (χ4n) is 4.69. The van der Waals surface area contributed by atoms with Crippen molar-refractivity contribution in [2.75, 3.05) is 0 Å². The van der Waals surface area contributed by atoms with Gasteiger partial charge in [-0.2, -0.15) is 0 Å². The van der Waals surface area contributed by atoms with Crippen molar-refractivity contribution < 1.29 is 19.8 Å². The summed E-state index contributed by atoms with van der Waals surface area (Å²) in [5.74, 6) is -2.27. The van der Waals surface area contributed by atoms with Gasteiger partial charge in [0.1, 0.15) is 0 Å². The Morgan fingerprint density at radius 1 is 0.656 bits per heavy atom. The van der Waals surface area contributed by atoms with Gasteiger partial charge in [0.25, 0.3) is 0 Å². The lowest BCUT2D eigenvalue weighted by Crippen LogP contribution is -2.19. The Labute approximate surface area is 192 Å². The lowest BCUT2D eigenvalue weighted by molar-refractivity contribution is 0.0649. The van der Waals surface area contributed by atoms with Gasteiger partial charge >= 0.3 is 11.9 Å². The van der Waals surface area contributed by atoms with E-state index in [1.165, 1.54) is 19.3 Å².